The Bertz CT molecular complexity index is 269. The standard InChI is InChI=1S/C13H20N2/c1-2-3-4-5-13(14)7-6-12-8-10-15-11-9-12/h2,8-11,13H,1,3-7,14H2. The summed E-state index contributed by atoms with van der Waals surface area (Å²) >= 11 is 0. The van der Waals surface area contributed by atoms with Crippen LogP contribution in [0, 0.1) is 0 Å². The highest BCUT2D eigenvalue weighted by atomic mass is 14.6. The Kier molecular flexibility index (Phi) is 5.71. The van der Waals surface area contributed by atoms with Crippen LogP contribution in [0.15, 0.2) is 37.2 Å². The molecule has 2 heteroatoms. The molecule has 0 fully saturated rings. The maximum atomic E-state index is 6.01. The van der Waals surface area contributed by atoms with Gasteiger partial charge in [-0.3, -0.25) is 4.98 Å². The molecule has 82 valence electrons. The summed E-state index contributed by atoms with van der Waals surface area (Å²) in [5, 5.41) is 0. The summed E-state index contributed by atoms with van der Waals surface area (Å²) in [6.45, 7) is 3.70. The van der Waals surface area contributed by atoms with E-state index in [1.165, 1.54) is 5.56 Å². The maximum Gasteiger partial charge on any atom is 0.0270 e. The van der Waals surface area contributed by atoms with E-state index in [0.717, 1.165) is 32.1 Å². The number of nitrogens with zero attached hydrogens (tertiary/aromatic N) is 1. The Balaban J connectivity index is 2.16. The molecule has 0 saturated heterocycles. The Morgan fingerprint density at radius 1 is 1.33 bits per heavy atom. The van der Waals surface area contributed by atoms with E-state index in [0.29, 0.717) is 6.04 Å². The first-order chi connectivity index (χ1) is 7.33. The number of hydrogen-bond acceptors (Lipinski definition) is 2. The molecule has 0 bridgehead atoms. The summed E-state index contributed by atoms with van der Waals surface area (Å²) in [4.78, 5) is 3.99. The highest BCUT2D eigenvalue weighted by Gasteiger charge is 2.02. The van der Waals surface area contributed by atoms with Gasteiger partial charge in [-0.05, 0) is 49.8 Å². The number of pyridine rings is 1. The van der Waals surface area contributed by atoms with Crippen molar-refractivity contribution in [3.63, 3.8) is 0 Å². The van der Waals surface area contributed by atoms with E-state index in [-0.39, 0.29) is 0 Å². The molecule has 1 aromatic rings. The van der Waals surface area contributed by atoms with Gasteiger partial charge in [0.2, 0.25) is 0 Å². The number of nitrogens with two attached hydrogens (primary N) is 1. The van der Waals surface area contributed by atoms with Crippen molar-refractivity contribution in [1.82, 2.24) is 4.98 Å². The normalized spacial score (nSPS) is 12.3. The molecule has 0 aliphatic rings. The minimum absolute atomic E-state index is 0.318. The van der Waals surface area contributed by atoms with Crippen molar-refractivity contribution in [2.75, 3.05) is 0 Å². The molecule has 0 saturated carbocycles. The SMILES string of the molecule is C=CCCCC(N)CCc1ccncc1. The lowest BCUT2D eigenvalue weighted by atomic mass is 10.0. The largest absolute Gasteiger partial charge is 0.328 e. The molecular weight excluding hydrogens is 184 g/mol. The van der Waals surface area contributed by atoms with Gasteiger partial charge in [-0.15, -0.1) is 6.58 Å². The van der Waals surface area contributed by atoms with E-state index >= 15 is 0 Å². The number of aryl methyl sites for hydroxylation is 1. The third-order valence-electron chi connectivity index (χ3n) is 2.54. The van der Waals surface area contributed by atoms with Gasteiger partial charge in [0.05, 0.1) is 0 Å². The zero-order valence-electron chi connectivity index (χ0n) is 9.23. The summed E-state index contributed by atoms with van der Waals surface area (Å²) in [6.07, 6.45) is 11.0. The third-order valence-corrected chi connectivity index (χ3v) is 2.54. The molecule has 0 aliphatic heterocycles. The highest BCUT2D eigenvalue weighted by Crippen LogP contribution is 2.07. The molecule has 0 aliphatic carbocycles. The smallest absolute Gasteiger partial charge is 0.0270 e. The minimum Gasteiger partial charge on any atom is -0.328 e. The number of aromatic nitrogens is 1. The van der Waals surface area contributed by atoms with Crippen LogP contribution in [0.2, 0.25) is 0 Å². The monoisotopic (exact) mass is 204 g/mol. The van der Waals surface area contributed by atoms with E-state index in [1.807, 2.05) is 18.5 Å². The number of hydrogen-bond donors (Lipinski definition) is 1. The van der Waals surface area contributed by atoms with Gasteiger partial charge < -0.3 is 5.73 Å². The Labute approximate surface area is 92.2 Å². The maximum absolute atomic E-state index is 6.01. The van der Waals surface area contributed by atoms with Gasteiger partial charge in [-0.2, -0.15) is 0 Å². The Morgan fingerprint density at radius 3 is 2.73 bits per heavy atom. The van der Waals surface area contributed by atoms with Crippen LogP contribution >= 0.6 is 0 Å². The zero-order chi connectivity index (χ0) is 10.9. The minimum atomic E-state index is 0.318. The predicted octanol–water partition coefficient (Wildman–Crippen LogP) is 2.70. The molecule has 1 atom stereocenters. The van der Waals surface area contributed by atoms with Crippen LogP contribution in [0.4, 0.5) is 0 Å². The van der Waals surface area contributed by atoms with Crippen molar-refractivity contribution in [2.45, 2.75) is 38.1 Å². The van der Waals surface area contributed by atoms with Crippen molar-refractivity contribution in [3.05, 3.63) is 42.7 Å². The van der Waals surface area contributed by atoms with Crippen LogP contribution in [-0.4, -0.2) is 11.0 Å². The average molecular weight is 204 g/mol. The fraction of sp³-hybridized carbons (Fsp3) is 0.462. The third kappa shape index (κ3) is 5.33. The first kappa shape index (κ1) is 11.9. The van der Waals surface area contributed by atoms with Gasteiger partial charge in [0.25, 0.3) is 0 Å². The first-order valence-corrected chi connectivity index (χ1v) is 5.58. The zero-order valence-corrected chi connectivity index (χ0v) is 9.23. The van der Waals surface area contributed by atoms with Gasteiger partial charge in [0, 0.05) is 18.4 Å². The molecule has 0 aromatic carbocycles. The molecule has 0 spiro atoms. The van der Waals surface area contributed by atoms with Gasteiger partial charge in [-0.1, -0.05) is 6.08 Å². The topological polar surface area (TPSA) is 38.9 Å². The average Bonchev–Trinajstić information content (AvgIpc) is 2.28. The lowest BCUT2D eigenvalue weighted by Crippen LogP contribution is -2.20. The molecule has 0 radical (unpaired) electrons. The van der Waals surface area contributed by atoms with Gasteiger partial charge in [-0.25, -0.2) is 0 Å². The quantitative estimate of drug-likeness (QED) is 0.548. The lowest BCUT2D eigenvalue weighted by Gasteiger charge is -2.10. The van der Waals surface area contributed by atoms with Crippen molar-refractivity contribution >= 4 is 0 Å². The van der Waals surface area contributed by atoms with Crippen LogP contribution in [0.1, 0.15) is 31.2 Å². The van der Waals surface area contributed by atoms with Crippen LogP contribution in [0.3, 0.4) is 0 Å². The Hall–Kier alpha value is -1.15. The van der Waals surface area contributed by atoms with E-state index in [9.17, 15) is 0 Å². The summed E-state index contributed by atoms with van der Waals surface area (Å²) in [5.74, 6) is 0. The van der Waals surface area contributed by atoms with Crippen LogP contribution in [0.5, 0.6) is 0 Å². The molecule has 15 heavy (non-hydrogen) atoms. The van der Waals surface area contributed by atoms with Crippen molar-refractivity contribution in [3.8, 4) is 0 Å². The fourth-order valence-corrected chi connectivity index (χ4v) is 1.57. The van der Waals surface area contributed by atoms with Crippen molar-refractivity contribution in [1.29, 1.82) is 0 Å². The molecular formula is C13H20N2. The van der Waals surface area contributed by atoms with E-state index < -0.39 is 0 Å². The van der Waals surface area contributed by atoms with Crippen molar-refractivity contribution < 1.29 is 0 Å². The number of unbranched alkanes of at least 4 members (excludes halogenated alkanes) is 1. The van der Waals surface area contributed by atoms with Crippen LogP contribution < -0.4 is 5.73 Å². The first-order valence-electron chi connectivity index (χ1n) is 5.58. The lowest BCUT2D eigenvalue weighted by molar-refractivity contribution is 0.549. The van der Waals surface area contributed by atoms with Crippen molar-refractivity contribution in [2.24, 2.45) is 5.73 Å². The highest BCUT2D eigenvalue weighted by molar-refractivity contribution is 5.09. The summed E-state index contributed by atoms with van der Waals surface area (Å²) in [5.41, 5.74) is 7.34. The molecule has 0 amide bonds. The summed E-state index contributed by atoms with van der Waals surface area (Å²) in [6, 6.07) is 4.42. The number of rotatable bonds is 7. The Morgan fingerprint density at radius 2 is 2.07 bits per heavy atom. The molecule has 2 N–H and O–H groups in total. The summed E-state index contributed by atoms with van der Waals surface area (Å²) < 4.78 is 0. The van der Waals surface area contributed by atoms with Gasteiger partial charge in [0.1, 0.15) is 0 Å². The molecule has 1 heterocycles. The fourth-order valence-electron chi connectivity index (χ4n) is 1.57. The van der Waals surface area contributed by atoms with E-state index in [1.54, 1.807) is 0 Å². The molecule has 1 rings (SSSR count). The number of allylic oxidation sites excluding steroid dienone is 1. The molecule has 2 nitrogen and oxygen atoms in total. The van der Waals surface area contributed by atoms with E-state index in [2.05, 4.69) is 23.7 Å². The van der Waals surface area contributed by atoms with Crippen LogP contribution in [0.25, 0.3) is 0 Å². The second-order valence-corrected chi connectivity index (χ2v) is 3.87. The van der Waals surface area contributed by atoms with Crippen LogP contribution in [-0.2, 0) is 6.42 Å². The second-order valence-electron chi connectivity index (χ2n) is 3.87. The summed E-state index contributed by atoms with van der Waals surface area (Å²) in [7, 11) is 0. The predicted molar refractivity (Wildman–Crippen MR) is 64.6 cm³/mol. The van der Waals surface area contributed by atoms with Gasteiger partial charge >= 0.3 is 0 Å². The second kappa shape index (κ2) is 7.18. The molecule has 1 aromatic heterocycles. The molecule has 1 unspecified atom stereocenters. The van der Waals surface area contributed by atoms with Gasteiger partial charge in [0.15, 0.2) is 0 Å². The van der Waals surface area contributed by atoms with E-state index in [4.69, 9.17) is 5.73 Å².